The van der Waals surface area contributed by atoms with Crippen molar-refractivity contribution in [1.82, 2.24) is 24.9 Å². The van der Waals surface area contributed by atoms with Gasteiger partial charge in [0.1, 0.15) is 24.5 Å². The second-order valence-corrected chi connectivity index (χ2v) is 6.87. The van der Waals surface area contributed by atoms with Gasteiger partial charge in [-0.05, 0) is 36.8 Å². The zero-order chi connectivity index (χ0) is 19.6. The molecule has 4 aromatic rings. The molecule has 0 fully saturated rings. The fraction of sp³-hybridized carbons (Fsp3) is 0.238. The van der Waals surface area contributed by atoms with Crippen LogP contribution < -0.4 is 15.0 Å². The van der Waals surface area contributed by atoms with Gasteiger partial charge in [0.25, 0.3) is 0 Å². The number of benzene rings is 1. The smallest absolute Gasteiger partial charge is 0.202 e. The number of aromatic amines is 1. The average molecular weight is 387 g/mol. The number of imidazole rings is 1. The van der Waals surface area contributed by atoms with Crippen LogP contribution in [0.25, 0.3) is 22.3 Å². The lowest BCUT2D eigenvalue weighted by atomic mass is 10.0. The van der Waals surface area contributed by atoms with Gasteiger partial charge in [-0.25, -0.2) is 15.0 Å². The topological polar surface area (TPSA) is 91.9 Å². The van der Waals surface area contributed by atoms with Crippen molar-refractivity contribution in [2.45, 2.75) is 13.5 Å². The number of fused-ring (bicyclic) bond motifs is 2. The Morgan fingerprint density at radius 3 is 3.00 bits per heavy atom. The lowest BCUT2D eigenvalue weighted by Crippen LogP contribution is -2.26. The Morgan fingerprint density at radius 1 is 1.17 bits per heavy atom. The summed E-state index contributed by atoms with van der Waals surface area (Å²) in [6, 6.07) is 10.3. The lowest BCUT2D eigenvalue weighted by molar-refractivity contribution is 0.331. The van der Waals surface area contributed by atoms with Crippen molar-refractivity contribution in [3.05, 3.63) is 54.6 Å². The van der Waals surface area contributed by atoms with Crippen LogP contribution in [-0.2, 0) is 6.54 Å². The number of rotatable bonds is 4. The van der Waals surface area contributed by atoms with E-state index in [1.54, 1.807) is 12.5 Å². The third kappa shape index (κ3) is 3.44. The Kier molecular flexibility index (Phi) is 4.44. The number of hydrogen-bond donors (Lipinski definition) is 2. The zero-order valence-electron chi connectivity index (χ0n) is 16.1. The van der Waals surface area contributed by atoms with Gasteiger partial charge in [0.15, 0.2) is 5.65 Å². The normalized spacial score (nSPS) is 13.6. The molecule has 0 spiro atoms. The molecule has 1 aliphatic heterocycles. The van der Waals surface area contributed by atoms with Crippen molar-refractivity contribution in [3.63, 3.8) is 0 Å². The molecule has 1 aliphatic rings. The molecule has 0 aliphatic carbocycles. The first-order valence-electron chi connectivity index (χ1n) is 9.67. The monoisotopic (exact) mass is 387 g/mol. The molecule has 0 amide bonds. The minimum absolute atomic E-state index is 0.616. The summed E-state index contributed by atoms with van der Waals surface area (Å²) < 4.78 is 5.97. The summed E-state index contributed by atoms with van der Waals surface area (Å²) >= 11 is 0. The van der Waals surface area contributed by atoms with Crippen molar-refractivity contribution in [2.24, 2.45) is 0 Å². The second kappa shape index (κ2) is 7.38. The van der Waals surface area contributed by atoms with Gasteiger partial charge < -0.3 is 19.9 Å². The molecule has 0 saturated carbocycles. The van der Waals surface area contributed by atoms with Crippen molar-refractivity contribution < 1.29 is 4.74 Å². The van der Waals surface area contributed by atoms with Crippen LogP contribution in [0.1, 0.15) is 12.5 Å². The van der Waals surface area contributed by atoms with E-state index in [-0.39, 0.29) is 0 Å². The van der Waals surface area contributed by atoms with E-state index < -0.39 is 0 Å². The van der Waals surface area contributed by atoms with E-state index in [0.29, 0.717) is 12.3 Å². The Labute approximate surface area is 168 Å². The predicted octanol–water partition coefficient (Wildman–Crippen LogP) is 3.25. The van der Waals surface area contributed by atoms with Crippen molar-refractivity contribution in [1.29, 1.82) is 0 Å². The maximum Gasteiger partial charge on any atom is 0.202 e. The van der Waals surface area contributed by atoms with E-state index in [4.69, 9.17) is 4.74 Å². The van der Waals surface area contributed by atoms with E-state index in [9.17, 15) is 0 Å². The van der Waals surface area contributed by atoms with Crippen LogP contribution in [-0.4, -0.2) is 44.6 Å². The van der Waals surface area contributed by atoms with Gasteiger partial charge in [0.2, 0.25) is 5.95 Å². The largest absolute Gasteiger partial charge is 0.491 e. The van der Waals surface area contributed by atoms with Crippen LogP contribution in [0.4, 0.5) is 11.8 Å². The molecule has 5 rings (SSSR count). The van der Waals surface area contributed by atoms with Crippen LogP contribution in [0.3, 0.4) is 0 Å². The van der Waals surface area contributed by atoms with Gasteiger partial charge in [0.05, 0.1) is 12.1 Å². The maximum absolute atomic E-state index is 5.97. The summed E-state index contributed by atoms with van der Waals surface area (Å²) in [7, 11) is 0. The highest BCUT2D eigenvalue weighted by atomic mass is 16.5. The van der Waals surface area contributed by atoms with Crippen LogP contribution in [0.2, 0.25) is 0 Å². The van der Waals surface area contributed by atoms with Crippen molar-refractivity contribution >= 4 is 22.9 Å². The standard InChI is InChI=1S/C21H21N7O/c1-2-23-21-26-17-10-15(11-24-20(17)27-21)14-3-4-18-16(9-14)12-28(7-8-29-18)19-5-6-22-13-25-19/h3-6,9-11,13H,2,7-8,12H2,1H3,(H2,23,24,26,27). The molecule has 146 valence electrons. The number of nitrogens with one attached hydrogen (secondary N) is 2. The van der Waals surface area contributed by atoms with Crippen LogP contribution in [0, 0.1) is 0 Å². The summed E-state index contributed by atoms with van der Waals surface area (Å²) in [5, 5.41) is 3.19. The third-order valence-electron chi connectivity index (χ3n) is 4.95. The molecule has 8 heteroatoms. The van der Waals surface area contributed by atoms with Gasteiger partial charge in [-0.2, -0.15) is 4.98 Å². The Bertz CT molecular complexity index is 1140. The first-order chi connectivity index (χ1) is 14.3. The molecular weight excluding hydrogens is 366 g/mol. The number of pyridine rings is 1. The Balaban J connectivity index is 1.48. The highest BCUT2D eigenvalue weighted by Crippen LogP contribution is 2.31. The molecule has 0 unspecified atom stereocenters. The molecule has 8 nitrogen and oxygen atoms in total. The van der Waals surface area contributed by atoms with Crippen LogP contribution in [0.15, 0.2) is 49.1 Å². The van der Waals surface area contributed by atoms with Gasteiger partial charge in [-0.15, -0.1) is 0 Å². The molecule has 3 aromatic heterocycles. The average Bonchev–Trinajstić information content (AvgIpc) is 3.03. The highest BCUT2D eigenvalue weighted by Gasteiger charge is 2.17. The van der Waals surface area contributed by atoms with Crippen LogP contribution in [0.5, 0.6) is 5.75 Å². The minimum atomic E-state index is 0.616. The van der Waals surface area contributed by atoms with E-state index in [1.807, 2.05) is 25.3 Å². The van der Waals surface area contributed by atoms with E-state index in [1.165, 1.54) is 0 Å². The molecule has 0 bridgehead atoms. The summed E-state index contributed by atoms with van der Waals surface area (Å²) in [5.74, 6) is 2.55. The van der Waals surface area contributed by atoms with Crippen molar-refractivity contribution in [2.75, 3.05) is 29.9 Å². The lowest BCUT2D eigenvalue weighted by Gasteiger charge is -2.20. The molecule has 0 saturated heterocycles. The third-order valence-corrected chi connectivity index (χ3v) is 4.95. The number of hydrogen-bond acceptors (Lipinski definition) is 7. The highest BCUT2D eigenvalue weighted by molar-refractivity contribution is 5.80. The number of ether oxygens (including phenoxy) is 1. The van der Waals surface area contributed by atoms with Gasteiger partial charge >= 0.3 is 0 Å². The fourth-order valence-electron chi connectivity index (χ4n) is 3.55. The SMILES string of the molecule is CCNc1nc2ncc(-c3ccc4c(c3)CN(c3ccncn3)CCO4)cc2[nH]1. The Hall–Kier alpha value is -3.68. The first-order valence-corrected chi connectivity index (χ1v) is 9.67. The van der Waals surface area contributed by atoms with Gasteiger partial charge in [0, 0.05) is 36.6 Å². The second-order valence-electron chi connectivity index (χ2n) is 6.87. The summed E-state index contributed by atoms with van der Waals surface area (Å²) in [5.41, 5.74) is 4.86. The minimum Gasteiger partial charge on any atom is -0.491 e. The number of nitrogens with zero attached hydrogens (tertiary/aromatic N) is 5. The predicted molar refractivity (Wildman–Crippen MR) is 112 cm³/mol. The molecule has 0 atom stereocenters. The van der Waals surface area contributed by atoms with Crippen LogP contribution >= 0.6 is 0 Å². The molecular formula is C21H21N7O. The summed E-state index contributed by atoms with van der Waals surface area (Å²) in [4.78, 5) is 22.8. The maximum atomic E-state index is 5.97. The van der Waals surface area contributed by atoms with E-state index in [0.717, 1.165) is 59.4 Å². The quantitative estimate of drug-likeness (QED) is 0.555. The van der Waals surface area contributed by atoms with Gasteiger partial charge in [-0.1, -0.05) is 6.07 Å². The molecule has 4 heterocycles. The number of anilines is 2. The number of aromatic nitrogens is 5. The molecule has 1 aromatic carbocycles. The van der Waals surface area contributed by atoms with Gasteiger partial charge in [-0.3, -0.25) is 0 Å². The van der Waals surface area contributed by atoms with E-state index in [2.05, 4.69) is 53.3 Å². The first kappa shape index (κ1) is 17.4. The fourth-order valence-corrected chi connectivity index (χ4v) is 3.55. The number of H-pyrrole nitrogens is 1. The molecule has 0 radical (unpaired) electrons. The molecule has 2 N–H and O–H groups in total. The molecule has 29 heavy (non-hydrogen) atoms. The summed E-state index contributed by atoms with van der Waals surface area (Å²) in [6.07, 6.45) is 5.20. The van der Waals surface area contributed by atoms with Crippen molar-refractivity contribution in [3.8, 4) is 16.9 Å². The Morgan fingerprint density at radius 2 is 2.14 bits per heavy atom. The summed E-state index contributed by atoms with van der Waals surface area (Å²) in [6.45, 7) is 4.96. The zero-order valence-corrected chi connectivity index (χ0v) is 16.1. The van der Waals surface area contributed by atoms with E-state index >= 15 is 0 Å².